The number of nitrogens with one attached hydrogen (secondary N) is 4. The Kier molecular flexibility index (Phi) is 8.07. The van der Waals surface area contributed by atoms with Crippen LogP contribution in [0.4, 0.5) is 5.69 Å². The van der Waals surface area contributed by atoms with Gasteiger partial charge in [-0.25, -0.2) is 17.8 Å². The number of nitrogens with zero attached hydrogens (tertiary/aromatic N) is 2. The maximum Gasteiger partial charge on any atom is 0.252 e. The molecule has 4 aromatic rings. The summed E-state index contributed by atoms with van der Waals surface area (Å²) in [6.45, 7) is 10.3. The van der Waals surface area contributed by atoms with Gasteiger partial charge < -0.3 is 16.0 Å². The summed E-state index contributed by atoms with van der Waals surface area (Å²) in [6.07, 6.45) is 2.31. The standard InChI is InChI=1S/C31H36N6O4S/c1-18-11-20(3)29(21(4)12-18)42(40,41)36-22(5)16-33-27-13-19(2)14-28-25(27)17-34-37(28)24-8-6-7-23(15-24)30(38)35-26-9-10-32-31(26)39/h6-8,11-15,17,22,26,33,36H,9-10,16H2,1-5H3,(H,32,39)(H,35,38)/t22?,26-/m0/s1. The highest BCUT2D eigenvalue weighted by Gasteiger charge is 2.26. The van der Waals surface area contributed by atoms with Crippen molar-refractivity contribution >= 4 is 38.4 Å². The number of hydrogen-bond donors (Lipinski definition) is 4. The molecule has 1 fully saturated rings. The van der Waals surface area contributed by atoms with Crippen molar-refractivity contribution in [3.05, 3.63) is 82.5 Å². The number of hydrogen-bond acceptors (Lipinski definition) is 6. The molecule has 10 nitrogen and oxygen atoms in total. The molecule has 0 radical (unpaired) electrons. The highest BCUT2D eigenvalue weighted by Crippen LogP contribution is 2.28. The van der Waals surface area contributed by atoms with Crippen LogP contribution in [0.2, 0.25) is 0 Å². The minimum Gasteiger partial charge on any atom is -0.383 e. The molecule has 0 spiro atoms. The number of carbonyl (C=O) groups is 2. The maximum absolute atomic E-state index is 13.2. The number of fused-ring (bicyclic) bond motifs is 1. The van der Waals surface area contributed by atoms with Crippen molar-refractivity contribution in [3.8, 4) is 5.69 Å². The van der Waals surface area contributed by atoms with Crippen LogP contribution in [0, 0.1) is 27.7 Å². The van der Waals surface area contributed by atoms with Crippen LogP contribution < -0.4 is 20.7 Å². The second kappa shape index (κ2) is 11.6. The second-order valence-electron chi connectivity index (χ2n) is 11.1. The van der Waals surface area contributed by atoms with E-state index in [9.17, 15) is 18.0 Å². The lowest BCUT2D eigenvalue weighted by Crippen LogP contribution is -2.40. The Balaban J connectivity index is 1.34. The zero-order valence-corrected chi connectivity index (χ0v) is 25.2. The lowest BCUT2D eigenvalue weighted by atomic mass is 10.1. The van der Waals surface area contributed by atoms with Gasteiger partial charge >= 0.3 is 0 Å². The predicted molar refractivity (Wildman–Crippen MR) is 164 cm³/mol. The normalized spacial score (nSPS) is 15.9. The van der Waals surface area contributed by atoms with Crippen molar-refractivity contribution in [1.82, 2.24) is 25.1 Å². The molecule has 2 heterocycles. The maximum atomic E-state index is 13.2. The first-order valence-corrected chi connectivity index (χ1v) is 15.4. The molecule has 2 amide bonds. The molecule has 0 saturated carbocycles. The van der Waals surface area contributed by atoms with Crippen LogP contribution in [-0.4, -0.2) is 55.2 Å². The van der Waals surface area contributed by atoms with Crippen molar-refractivity contribution in [2.45, 2.75) is 58.0 Å². The summed E-state index contributed by atoms with van der Waals surface area (Å²) in [6, 6.07) is 14.0. The minimum absolute atomic E-state index is 0.171. The quantitative estimate of drug-likeness (QED) is 0.236. The molecule has 0 bridgehead atoms. The van der Waals surface area contributed by atoms with Gasteiger partial charge in [-0.15, -0.1) is 0 Å². The fourth-order valence-electron chi connectivity index (χ4n) is 5.59. The predicted octanol–water partition coefficient (Wildman–Crippen LogP) is 3.66. The van der Waals surface area contributed by atoms with Crippen molar-refractivity contribution in [1.29, 1.82) is 0 Å². The van der Waals surface area contributed by atoms with Crippen LogP contribution >= 0.6 is 0 Å². The molecule has 3 aromatic carbocycles. The third kappa shape index (κ3) is 6.02. The molecule has 2 atom stereocenters. The Bertz CT molecular complexity index is 1770. The van der Waals surface area contributed by atoms with E-state index in [0.29, 0.717) is 35.7 Å². The molecule has 4 N–H and O–H groups in total. The van der Waals surface area contributed by atoms with Crippen molar-refractivity contribution in [3.63, 3.8) is 0 Å². The summed E-state index contributed by atoms with van der Waals surface area (Å²) in [5, 5.41) is 14.4. The molecule has 11 heteroatoms. The highest BCUT2D eigenvalue weighted by molar-refractivity contribution is 7.89. The van der Waals surface area contributed by atoms with E-state index in [1.54, 1.807) is 29.1 Å². The van der Waals surface area contributed by atoms with Crippen molar-refractivity contribution in [2.75, 3.05) is 18.4 Å². The summed E-state index contributed by atoms with van der Waals surface area (Å²) in [5.41, 5.74) is 6.26. The van der Waals surface area contributed by atoms with Gasteiger partial charge in [0.15, 0.2) is 0 Å². The van der Waals surface area contributed by atoms with Gasteiger partial charge in [0.2, 0.25) is 15.9 Å². The first kappa shape index (κ1) is 29.3. The van der Waals surface area contributed by atoms with E-state index in [1.807, 2.05) is 65.0 Å². The monoisotopic (exact) mass is 588 g/mol. The number of aromatic nitrogens is 2. The minimum atomic E-state index is -3.71. The first-order valence-electron chi connectivity index (χ1n) is 13.9. The summed E-state index contributed by atoms with van der Waals surface area (Å²) in [7, 11) is -3.71. The molecule has 1 saturated heterocycles. The number of amides is 2. The lowest BCUT2D eigenvalue weighted by Gasteiger charge is -2.19. The molecule has 42 heavy (non-hydrogen) atoms. The Morgan fingerprint density at radius 3 is 2.48 bits per heavy atom. The van der Waals surface area contributed by atoms with Crippen molar-refractivity contribution in [2.24, 2.45) is 0 Å². The zero-order chi connectivity index (χ0) is 30.2. The number of anilines is 1. The Labute approximate surface area is 245 Å². The summed E-state index contributed by atoms with van der Waals surface area (Å²) in [5.74, 6) is -0.489. The van der Waals surface area contributed by atoms with Crippen LogP contribution in [0.25, 0.3) is 16.6 Å². The summed E-state index contributed by atoms with van der Waals surface area (Å²) < 4.78 is 31.0. The van der Waals surface area contributed by atoms with Crippen molar-refractivity contribution < 1.29 is 18.0 Å². The summed E-state index contributed by atoms with van der Waals surface area (Å²) >= 11 is 0. The molecule has 5 rings (SSSR count). The van der Waals surface area contributed by atoms with E-state index in [4.69, 9.17) is 0 Å². The Hall–Kier alpha value is -4.22. The molecule has 1 aliphatic rings. The van der Waals surface area contributed by atoms with Gasteiger partial charge in [0, 0.05) is 35.8 Å². The fourth-order valence-corrected chi connectivity index (χ4v) is 7.29. The van der Waals surface area contributed by atoms with Gasteiger partial charge in [0.25, 0.3) is 5.91 Å². The number of carbonyl (C=O) groups excluding carboxylic acids is 2. The fraction of sp³-hybridized carbons (Fsp3) is 0.323. The van der Waals surface area contributed by atoms with Gasteiger partial charge in [-0.1, -0.05) is 23.8 Å². The Morgan fingerprint density at radius 2 is 1.79 bits per heavy atom. The number of aryl methyl sites for hydroxylation is 4. The van der Waals surface area contributed by atoms with Gasteiger partial charge in [-0.3, -0.25) is 9.59 Å². The van der Waals surface area contributed by atoms with E-state index >= 15 is 0 Å². The Morgan fingerprint density at radius 1 is 1.07 bits per heavy atom. The summed E-state index contributed by atoms with van der Waals surface area (Å²) in [4.78, 5) is 25.1. The zero-order valence-electron chi connectivity index (χ0n) is 24.4. The number of rotatable bonds is 9. The smallest absolute Gasteiger partial charge is 0.252 e. The second-order valence-corrected chi connectivity index (χ2v) is 12.7. The topological polar surface area (TPSA) is 134 Å². The van der Waals surface area contributed by atoms with Crippen LogP contribution in [0.15, 0.2) is 59.6 Å². The van der Waals surface area contributed by atoms with Gasteiger partial charge in [-0.05, 0) is 88.1 Å². The molecule has 0 aliphatic carbocycles. The molecular weight excluding hydrogens is 552 g/mol. The molecule has 220 valence electrons. The van der Waals surface area contributed by atoms with Crippen LogP contribution in [0.1, 0.15) is 46.0 Å². The average molecular weight is 589 g/mol. The largest absolute Gasteiger partial charge is 0.383 e. The van der Waals surface area contributed by atoms with Crippen LogP contribution in [-0.2, 0) is 14.8 Å². The third-order valence-corrected chi connectivity index (χ3v) is 9.26. The number of sulfonamides is 1. The van der Waals surface area contributed by atoms with Gasteiger partial charge in [0.1, 0.15) is 6.04 Å². The van der Waals surface area contributed by atoms with Gasteiger partial charge in [-0.2, -0.15) is 5.10 Å². The highest BCUT2D eigenvalue weighted by atomic mass is 32.2. The van der Waals surface area contributed by atoms with E-state index in [1.165, 1.54) is 0 Å². The number of benzene rings is 3. The van der Waals surface area contributed by atoms with E-state index in [2.05, 4.69) is 25.8 Å². The van der Waals surface area contributed by atoms with Crippen LogP contribution in [0.5, 0.6) is 0 Å². The van der Waals surface area contributed by atoms with E-state index in [-0.39, 0.29) is 11.8 Å². The molecular formula is C31H36N6O4S. The molecule has 1 aliphatic heterocycles. The molecule has 1 unspecified atom stereocenters. The van der Waals surface area contributed by atoms with Crippen LogP contribution in [0.3, 0.4) is 0 Å². The first-order chi connectivity index (χ1) is 19.9. The SMILES string of the molecule is Cc1cc(C)c(S(=O)(=O)NC(C)CNc2cc(C)cc3c2cnn3-c2cccc(C(=O)N[C@H]3CCNC3=O)c2)c(C)c1. The van der Waals surface area contributed by atoms with Gasteiger partial charge in [0.05, 0.1) is 22.3 Å². The molecule has 1 aromatic heterocycles. The third-order valence-electron chi connectivity index (χ3n) is 7.37. The van der Waals surface area contributed by atoms with E-state index in [0.717, 1.165) is 38.8 Å². The lowest BCUT2D eigenvalue weighted by molar-refractivity contribution is -0.120. The van der Waals surface area contributed by atoms with E-state index < -0.39 is 22.1 Å². The average Bonchev–Trinajstić information content (AvgIpc) is 3.52.